The van der Waals surface area contributed by atoms with Crippen LogP contribution < -0.4 is 10.6 Å². The second-order valence-electron chi connectivity index (χ2n) is 5.94. The van der Waals surface area contributed by atoms with Gasteiger partial charge in [-0.05, 0) is 49.1 Å². The highest BCUT2D eigenvalue weighted by Gasteiger charge is 2.15. The summed E-state index contributed by atoms with van der Waals surface area (Å²) in [5, 5.41) is 6.35. The number of benzene rings is 1. The summed E-state index contributed by atoms with van der Waals surface area (Å²) in [5.74, 6) is -0.978. The zero-order valence-electron chi connectivity index (χ0n) is 14.2. The molecule has 3 rings (SSSR count). The minimum Gasteiger partial charge on any atom is -0.361 e. The first-order valence-corrected chi connectivity index (χ1v) is 8.12. The van der Waals surface area contributed by atoms with E-state index in [1.54, 1.807) is 12.3 Å². The first-order chi connectivity index (χ1) is 12.1. The lowest BCUT2D eigenvalue weighted by molar-refractivity contribution is -0.136. The number of aromatic nitrogens is 2. The first-order valence-electron chi connectivity index (χ1n) is 8.12. The van der Waals surface area contributed by atoms with Crippen molar-refractivity contribution in [2.24, 2.45) is 0 Å². The van der Waals surface area contributed by atoms with Gasteiger partial charge in [0.2, 0.25) is 0 Å². The quantitative estimate of drug-likeness (QED) is 0.640. The molecule has 6 nitrogen and oxygen atoms in total. The van der Waals surface area contributed by atoms with E-state index in [9.17, 15) is 9.59 Å². The summed E-state index contributed by atoms with van der Waals surface area (Å²) in [7, 11) is 0. The first kappa shape index (κ1) is 16.7. The zero-order valence-corrected chi connectivity index (χ0v) is 14.2. The molecule has 0 aliphatic rings. The Hall–Kier alpha value is -3.15. The third-order valence-corrected chi connectivity index (χ3v) is 4.12. The number of anilines is 1. The number of amides is 2. The molecular formula is C19H20N4O2. The molecule has 0 radical (unpaired) electrons. The molecule has 25 heavy (non-hydrogen) atoms. The Labute approximate surface area is 145 Å². The molecule has 128 valence electrons. The maximum absolute atomic E-state index is 12.0. The summed E-state index contributed by atoms with van der Waals surface area (Å²) in [4.78, 5) is 31.2. The van der Waals surface area contributed by atoms with Crippen molar-refractivity contribution in [3.05, 3.63) is 59.4 Å². The number of rotatable bonds is 4. The van der Waals surface area contributed by atoms with Crippen molar-refractivity contribution in [3.63, 3.8) is 0 Å². The average molecular weight is 336 g/mol. The smallest absolute Gasteiger partial charge is 0.314 e. The number of aromatic amines is 1. The summed E-state index contributed by atoms with van der Waals surface area (Å²) in [6, 6.07) is 9.67. The number of carbonyl (C=O) groups excluding carboxylic acids is 2. The van der Waals surface area contributed by atoms with Gasteiger partial charge in [0.1, 0.15) is 5.82 Å². The SMILES string of the molecule is Cc1cccnc1NC(=O)C(=O)NCCc1c[nH]c2cccc(C)c12. The lowest BCUT2D eigenvalue weighted by atomic mass is 10.1. The van der Waals surface area contributed by atoms with E-state index < -0.39 is 11.8 Å². The second-order valence-corrected chi connectivity index (χ2v) is 5.94. The molecule has 0 unspecified atom stereocenters. The predicted octanol–water partition coefficient (Wildman–Crippen LogP) is 2.48. The van der Waals surface area contributed by atoms with Gasteiger partial charge in [0, 0.05) is 29.8 Å². The van der Waals surface area contributed by atoms with Crippen molar-refractivity contribution in [2.45, 2.75) is 20.3 Å². The monoisotopic (exact) mass is 336 g/mol. The number of H-pyrrole nitrogens is 1. The van der Waals surface area contributed by atoms with Crippen LogP contribution in [0.4, 0.5) is 5.82 Å². The average Bonchev–Trinajstić information content (AvgIpc) is 3.01. The van der Waals surface area contributed by atoms with Crippen LogP contribution in [0, 0.1) is 13.8 Å². The van der Waals surface area contributed by atoms with Crippen LogP contribution >= 0.6 is 0 Å². The third kappa shape index (κ3) is 3.68. The minimum atomic E-state index is -0.711. The standard InChI is InChI=1S/C19H20N4O2/c1-12-5-3-7-15-16(12)14(11-22-15)8-10-21-18(24)19(25)23-17-13(2)6-4-9-20-17/h3-7,9,11,22H,8,10H2,1-2H3,(H,21,24)(H,20,23,25). The molecule has 0 aliphatic carbocycles. The van der Waals surface area contributed by atoms with Gasteiger partial charge < -0.3 is 15.6 Å². The van der Waals surface area contributed by atoms with E-state index in [0.29, 0.717) is 18.8 Å². The van der Waals surface area contributed by atoms with Crippen LogP contribution in [0.15, 0.2) is 42.7 Å². The van der Waals surface area contributed by atoms with E-state index in [0.717, 1.165) is 16.6 Å². The van der Waals surface area contributed by atoms with Crippen LogP contribution in [-0.4, -0.2) is 28.3 Å². The van der Waals surface area contributed by atoms with Crippen molar-refractivity contribution in [3.8, 4) is 0 Å². The molecule has 2 heterocycles. The Morgan fingerprint density at radius 3 is 2.68 bits per heavy atom. The molecule has 1 aromatic carbocycles. The van der Waals surface area contributed by atoms with Gasteiger partial charge in [-0.1, -0.05) is 18.2 Å². The minimum absolute atomic E-state index is 0.384. The Morgan fingerprint density at radius 1 is 1.08 bits per heavy atom. The van der Waals surface area contributed by atoms with Gasteiger partial charge in [0.15, 0.2) is 0 Å². The molecule has 3 aromatic rings. The lowest BCUT2D eigenvalue weighted by Crippen LogP contribution is -2.36. The van der Waals surface area contributed by atoms with E-state index in [4.69, 9.17) is 0 Å². The molecule has 0 aliphatic heterocycles. The number of carbonyl (C=O) groups is 2. The van der Waals surface area contributed by atoms with E-state index in [2.05, 4.69) is 33.6 Å². The van der Waals surface area contributed by atoms with Crippen LogP contribution in [0.5, 0.6) is 0 Å². The molecule has 0 bridgehead atoms. The van der Waals surface area contributed by atoms with Crippen molar-refractivity contribution < 1.29 is 9.59 Å². The van der Waals surface area contributed by atoms with Crippen molar-refractivity contribution >= 4 is 28.5 Å². The number of aryl methyl sites for hydroxylation is 2. The highest BCUT2D eigenvalue weighted by atomic mass is 16.2. The topological polar surface area (TPSA) is 86.9 Å². The Balaban J connectivity index is 1.57. The van der Waals surface area contributed by atoms with Gasteiger partial charge >= 0.3 is 11.8 Å². The van der Waals surface area contributed by atoms with E-state index in [1.807, 2.05) is 31.3 Å². The number of pyridine rings is 1. The summed E-state index contributed by atoms with van der Waals surface area (Å²) < 4.78 is 0. The van der Waals surface area contributed by atoms with Crippen molar-refractivity contribution in [2.75, 3.05) is 11.9 Å². The summed E-state index contributed by atoms with van der Waals surface area (Å²) >= 11 is 0. The fraction of sp³-hybridized carbons (Fsp3) is 0.211. The van der Waals surface area contributed by atoms with E-state index >= 15 is 0 Å². The lowest BCUT2D eigenvalue weighted by Gasteiger charge is -2.08. The van der Waals surface area contributed by atoms with Gasteiger partial charge in [-0.2, -0.15) is 0 Å². The number of nitrogens with zero attached hydrogens (tertiary/aromatic N) is 1. The Kier molecular flexibility index (Phi) is 4.79. The second kappa shape index (κ2) is 7.17. The number of hydrogen-bond donors (Lipinski definition) is 3. The number of fused-ring (bicyclic) bond motifs is 1. The Bertz CT molecular complexity index is 930. The van der Waals surface area contributed by atoms with E-state index in [1.165, 1.54) is 10.9 Å². The molecule has 0 saturated carbocycles. The molecule has 0 fully saturated rings. The molecule has 0 spiro atoms. The summed E-state index contributed by atoms with van der Waals surface area (Å²) in [6.45, 7) is 4.26. The molecule has 2 amide bonds. The van der Waals surface area contributed by atoms with Crippen LogP contribution in [0.2, 0.25) is 0 Å². The van der Waals surface area contributed by atoms with Gasteiger partial charge in [0.25, 0.3) is 0 Å². The van der Waals surface area contributed by atoms with E-state index in [-0.39, 0.29) is 0 Å². The number of nitrogens with one attached hydrogen (secondary N) is 3. The van der Waals surface area contributed by atoms with Crippen molar-refractivity contribution in [1.29, 1.82) is 0 Å². The van der Waals surface area contributed by atoms with Gasteiger partial charge in [-0.3, -0.25) is 9.59 Å². The molecule has 0 atom stereocenters. The molecular weight excluding hydrogens is 316 g/mol. The predicted molar refractivity (Wildman–Crippen MR) is 97.4 cm³/mol. The maximum Gasteiger partial charge on any atom is 0.314 e. The normalized spacial score (nSPS) is 10.6. The highest BCUT2D eigenvalue weighted by molar-refractivity contribution is 6.39. The van der Waals surface area contributed by atoms with Crippen LogP contribution in [-0.2, 0) is 16.0 Å². The third-order valence-electron chi connectivity index (χ3n) is 4.12. The molecule has 2 aromatic heterocycles. The molecule has 6 heteroatoms. The van der Waals surface area contributed by atoms with Gasteiger partial charge in [-0.15, -0.1) is 0 Å². The van der Waals surface area contributed by atoms with Crippen molar-refractivity contribution in [1.82, 2.24) is 15.3 Å². The molecule has 3 N–H and O–H groups in total. The fourth-order valence-corrected chi connectivity index (χ4v) is 2.82. The van der Waals surface area contributed by atoms with Gasteiger partial charge in [0.05, 0.1) is 0 Å². The van der Waals surface area contributed by atoms with Crippen LogP contribution in [0.25, 0.3) is 10.9 Å². The van der Waals surface area contributed by atoms with Crippen LogP contribution in [0.1, 0.15) is 16.7 Å². The number of hydrogen-bond acceptors (Lipinski definition) is 3. The fourth-order valence-electron chi connectivity index (χ4n) is 2.82. The largest absolute Gasteiger partial charge is 0.361 e. The Morgan fingerprint density at radius 2 is 1.88 bits per heavy atom. The summed E-state index contributed by atoms with van der Waals surface area (Å²) in [6.07, 6.45) is 4.16. The van der Waals surface area contributed by atoms with Gasteiger partial charge in [-0.25, -0.2) is 4.98 Å². The maximum atomic E-state index is 12.0. The summed E-state index contributed by atoms with van der Waals surface area (Å²) in [5.41, 5.74) is 4.18. The zero-order chi connectivity index (χ0) is 17.8. The highest BCUT2D eigenvalue weighted by Crippen LogP contribution is 2.22. The van der Waals surface area contributed by atoms with Crippen LogP contribution in [0.3, 0.4) is 0 Å². The molecule has 0 saturated heterocycles.